The molecule has 0 aliphatic rings. The van der Waals surface area contributed by atoms with Crippen LogP contribution in [-0.4, -0.2) is 19.8 Å². The molecule has 5 nitrogen and oxygen atoms in total. The molecule has 3 aromatic carbocycles. The summed E-state index contributed by atoms with van der Waals surface area (Å²) in [5.41, 5.74) is 5.05. The minimum Gasteiger partial charge on any atom is -0.265 e. The lowest BCUT2D eigenvalue weighted by molar-refractivity contribution is 0.856. The van der Waals surface area contributed by atoms with Crippen molar-refractivity contribution in [3.63, 3.8) is 0 Å². The second kappa shape index (κ2) is 8.08. The van der Waals surface area contributed by atoms with Gasteiger partial charge in [-0.3, -0.25) is 4.79 Å². The molecule has 0 aliphatic heterocycles. The van der Waals surface area contributed by atoms with Crippen LogP contribution in [0, 0.1) is 6.92 Å². The van der Waals surface area contributed by atoms with E-state index < -0.39 is 0 Å². The van der Waals surface area contributed by atoms with E-state index in [-0.39, 0.29) is 5.56 Å². The molecule has 0 spiro atoms. The van der Waals surface area contributed by atoms with Gasteiger partial charge in [-0.2, -0.15) is 9.61 Å². The van der Waals surface area contributed by atoms with E-state index in [9.17, 15) is 4.79 Å². The molecule has 150 valence electrons. The van der Waals surface area contributed by atoms with Crippen LogP contribution in [0.15, 0.2) is 89.7 Å². The minimum atomic E-state index is -0.272. The standard InChI is InChI=1S/C25H18N4OS/c1-17-12-14-20(15-13-17)23-24(30)29-25(27-26-23)31-22(28-29)16-21(18-8-4-2-5-9-18)19-10-6-3-7-11-19/h2-16H,1H3. The van der Waals surface area contributed by atoms with Crippen molar-refractivity contribution in [1.82, 2.24) is 19.8 Å². The molecule has 0 amide bonds. The number of aromatic nitrogens is 4. The van der Waals surface area contributed by atoms with E-state index in [4.69, 9.17) is 0 Å². The Bertz CT molecular complexity index is 1390. The Morgan fingerprint density at radius 2 is 1.45 bits per heavy atom. The summed E-state index contributed by atoms with van der Waals surface area (Å²) in [4.78, 5) is 13.5. The SMILES string of the molecule is Cc1ccc(-c2nnc3sc(C=C(c4ccccc4)c4ccccc4)nn3c2=O)cc1. The van der Waals surface area contributed by atoms with Gasteiger partial charge in [0.15, 0.2) is 5.69 Å². The summed E-state index contributed by atoms with van der Waals surface area (Å²) in [6, 6.07) is 27.9. The molecule has 0 atom stereocenters. The van der Waals surface area contributed by atoms with Crippen molar-refractivity contribution >= 4 is 27.9 Å². The lowest BCUT2D eigenvalue weighted by Gasteiger charge is -2.07. The fraction of sp³-hybridized carbons (Fsp3) is 0.0400. The summed E-state index contributed by atoms with van der Waals surface area (Å²) in [5, 5.41) is 13.7. The van der Waals surface area contributed by atoms with Gasteiger partial charge in [0.25, 0.3) is 0 Å². The molecular weight excluding hydrogens is 404 g/mol. The molecule has 0 saturated carbocycles. The average molecular weight is 423 g/mol. The van der Waals surface area contributed by atoms with E-state index in [1.807, 2.05) is 73.7 Å². The maximum Gasteiger partial charge on any atom is 0.302 e. The highest BCUT2D eigenvalue weighted by atomic mass is 32.1. The Labute approximate surface area is 183 Å². The Morgan fingerprint density at radius 3 is 2.06 bits per heavy atom. The van der Waals surface area contributed by atoms with Gasteiger partial charge in [-0.25, -0.2) is 0 Å². The van der Waals surface area contributed by atoms with Crippen LogP contribution in [-0.2, 0) is 0 Å². The van der Waals surface area contributed by atoms with Crippen LogP contribution in [0.25, 0.3) is 27.9 Å². The first-order valence-electron chi connectivity index (χ1n) is 9.85. The molecule has 2 heterocycles. The largest absolute Gasteiger partial charge is 0.302 e. The lowest BCUT2D eigenvalue weighted by Crippen LogP contribution is -2.19. The maximum absolute atomic E-state index is 13.0. The fourth-order valence-corrected chi connectivity index (χ4v) is 4.15. The monoisotopic (exact) mass is 422 g/mol. The highest BCUT2D eigenvalue weighted by Crippen LogP contribution is 2.27. The van der Waals surface area contributed by atoms with E-state index in [1.54, 1.807) is 0 Å². The Morgan fingerprint density at radius 1 is 0.839 bits per heavy atom. The number of rotatable bonds is 4. The lowest BCUT2D eigenvalue weighted by atomic mass is 9.98. The highest BCUT2D eigenvalue weighted by Gasteiger charge is 2.14. The van der Waals surface area contributed by atoms with E-state index in [0.717, 1.165) is 27.8 Å². The van der Waals surface area contributed by atoms with Gasteiger partial charge in [0.2, 0.25) is 4.96 Å². The Kier molecular flexibility index (Phi) is 4.98. The van der Waals surface area contributed by atoms with Gasteiger partial charge in [0, 0.05) is 5.56 Å². The number of benzene rings is 3. The van der Waals surface area contributed by atoms with Crippen molar-refractivity contribution in [3.05, 3.63) is 117 Å². The summed E-state index contributed by atoms with van der Waals surface area (Å²) in [6.07, 6.45) is 2.00. The first-order valence-corrected chi connectivity index (χ1v) is 10.7. The van der Waals surface area contributed by atoms with Crippen LogP contribution < -0.4 is 5.56 Å². The van der Waals surface area contributed by atoms with Gasteiger partial charge in [-0.05, 0) is 29.7 Å². The van der Waals surface area contributed by atoms with Crippen molar-refractivity contribution in [2.75, 3.05) is 0 Å². The summed E-state index contributed by atoms with van der Waals surface area (Å²) in [7, 11) is 0. The zero-order chi connectivity index (χ0) is 21.2. The molecule has 0 aliphatic carbocycles. The summed E-state index contributed by atoms with van der Waals surface area (Å²) < 4.78 is 1.34. The van der Waals surface area contributed by atoms with Crippen molar-refractivity contribution < 1.29 is 0 Å². The van der Waals surface area contributed by atoms with Crippen LogP contribution in [0.2, 0.25) is 0 Å². The molecular formula is C25H18N4OS. The number of hydrogen-bond donors (Lipinski definition) is 0. The zero-order valence-electron chi connectivity index (χ0n) is 16.8. The number of hydrogen-bond acceptors (Lipinski definition) is 5. The van der Waals surface area contributed by atoms with Crippen LogP contribution in [0.3, 0.4) is 0 Å². The second-order valence-corrected chi connectivity index (χ2v) is 8.13. The van der Waals surface area contributed by atoms with Crippen LogP contribution in [0.1, 0.15) is 21.7 Å². The molecule has 5 rings (SSSR count). The van der Waals surface area contributed by atoms with Crippen LogP contribution >= 0.6 is 11.3 Å². The topological polar surface area (TPSA) is 60.1 Å². The summed E-state index contributed by atoms with van der Waals surface area (Å²) in [6.45, 7) is 2.00. The third-order valence-electron chi connectivity index (χ3n) is 4.97. The van der Waals surface area contributed by atoms with Gasteiger partial charge < -0.3 is 0 Å². The van der Waals surface area contributed by atoms with Gasteiger partial charge in [-0.1, -0.05) is 102 Å². The first kappa shape index (κ1) is 19.1. The van der Waals surface area contributed by atoms with Gasteiger partial charge in [0.05, 0.1) is 0 Å². The number of fused-ring (bicyclic) bond motifs is 1. The maximum atomic E-state index is 13.0. The fourth-order valence-electron chi connectivity index (χ4n) is 3.37. The molecule has 2 aromatic heterocycles. The van der Waals surface area contributed by atoms with Gasteiger partial charge in [-0.15, -0.1) is 10.2 Å². The van der Waals surface area contributed by atoms with Gasteiger partial charge in [0.1, 0.15) is 5.01 Å². The molecule has 6 heteroatoms. The van der Waals surface area contributed by atoms with Crippen molar-refractivity contribution in [2.45, 2.75) is 6.92 Å². The van der Waals surface area contributed by atoms with Crippen molar-refractivity contribution in [3.8, 4) is 11.3 Å². The number of aryl methyl sites for hydroxylation is 1. The van der Waals surface area contributed by atoms with Gasteiger partial charge >= 0.3 is 5.56 Å². The normalized spacial score (nSPS) is 10.9. The Hall–Kier alpha value is -3.90. The predicted molar refractivity (Wildman–Crippen MR) is 125 cm³/mol. The average Bonchev–Trinajstić information content (AvgIpc) is 3.23. The van der Waals surface area contributed by atoms with E-state index in [0.29, 0.717) is 15.7 Å². The van der Waals surface area contributed by atoms with Crippen molar-refractivity contribution in [2.24, 2.45) is 0 Å². The van der Waals surface area contributed by atoms with E-state index >= 15 is 0 Å². The summed E-state index contributed by atoms with van der Waals surface area (Å²) >= 11 is 1.34. The van der Waals surface area contributed by atoms with E-state index in [1.165, 1.54) is 15.9 Å². The first-order chi connectivity index (χ1) is 15.2. The highest BCUT2D eigenvalue weighted by molar-refractivity contribution is 7.17. The predicted octanol–water partition coefficient (Wildman–Crippen LogP) is 5.11. The molecule has 0 unspecified atom stereocenters. The molecule has 0 fully saturated rings. The summed E-state index contributed by atoms with van der Waals surface area (Å²) in [5.74, 6) is 0. The molecule has 0 saturated heterocycles. The van der Waals surface area contributed by atoms with E-state index in [2.05, 4.69) is 39.6 Å². The second-order valence-electron chi connectivity index (χ2n) is 7.14. The Balaban J connectivity index is 1.64. The zero-order valence-corrected chi connectivity index (χ0v) is 17.6. The van der Waals surface area contributed by atoms with Crippen LogP contribution in [0.4, 0.5) is 0 Å². The minimum absolute atomic E-state index is 0.272. The van der Waals surface area contributed by atoms with Crippen molar-refractivity contribution in [1.29, 1.82) is 0 Å². The third kappa shape index (κ3) is 3.81. The quantitative estimate of drug-likeness (QED) is 0.404. The smallest absolute Gasteiger partial charge is 0.265 e. The molecule has 5 aromatic rings. The third-order valence-corrected chi connectivity index (χ3v) is 5.81. The molecule has 0 bridgehead atoms. The molecule has 0 N–H and O–H groups in total. The molecule has 0 radical (unpaired) electrons. The molecule has 31 heavy (non-hydrogen) atoms. The number of nitrogens with zero attached hydrogens (tertiary/aromatic N) is 4. The van der Waals surface area contributed by atoms with Crippen LogP contribution in [0.5, 0.6) is 0 Å².